The van der Waals surface area contributed by atoms with Gasteiger partial charge in [0.1, 0.15) is 11.5 Å². The first-order valence-corrected chi connectivity index (χ1v) is 5.77. The summed E-state index contributed by atoms with van der Waals surface area (Å²) in [6.45, 7) is 1.62. The molecule has 2 rings (SSSR count). The van der Waals surface area contributed by atoms with E-state index in [0.29, 0.717) is 16.9 Å². The highest BCUT2D eigenvalue weighted by molar-refractivity contribution is 9.10. The molecule has 88 valence electrons. The van der Waals surface area contributed by atoms with E-state index in [1.165, 1.54) is 6.07 Å². The molecule has 2 aromatic rings. The maximum Gasteiger partial charge on any atom is 0.272 e. The molecule has 17 heavy (non-hydrogen) atoms. The molecule has 0 bridgehead atoms. The first-order chi connectivity index (χ1) is 8.08. The third-order valence-electron chi connectivity index (χ3n) is 2.41. The average Bonchev–Trinajstić information content (AvgIpc) is 2.72. The van der Waals surface area contributed by atoms with E-state index in [9.17, 15) is 9.18 Å². The fourth-order valence-electron chi connectivity index (χ4n) is 1.43. The number of hydrogen-bond donors (Lipinski definition) is 2. The van der Waals surface area contributed by atoms with Crippen LogP contribution in [0, 0.1) is 12.7 Å². The predicted octanol–water partition coefficient (Wildman–Crippen LogP) is 3.48. The van der Waals surface area contributed by atoms with Gasteiger partial charge in [-0.15, -0.1) is 0 Å². The molecule has 1 aromatic heterocycles. The zero-order valence-corrected chi connectivity index (χ0v) is 10.6. The van der Waals surface area contributed by atoms with Crippen LogP contribution in [-0.4, -0.2) is 10.9 Å². The lowest BCUT2D eigenvalue weighted by molar-refractivity contribution is 0.102. The molecule has 0 unspecified atom stereocenters. The summed E-state index contributed by atoms with van der Waals surface area (Å²) in [5.74, 6) is -0.639. The van der Waals surface area contributed by atoms with Crippen LogP contribution in [0.1, 0.15) is 16.1 Å². The summed E-state index contributed by atoms with van der Waals surface area (Å²) in [5.41, 5.74) is 1.31. The molecular formula is C12H10BrFN2O. The minimum absolute atomic E-state index is 0.301. The van der Waals surface area contributed by atoms with Crippen molar-refractivity contribution in [3.05, 3.63) is 52.0 Å². The normalized spacial score (nSPS) is 10.3. The number of halogens is 2. The van der Waals surface area contributed by atoms with Crippen LogP contribution in [0.2, 0.25) is 0 Å². The Hall–Kier alpha value is -1.62. The highest BCUT2D eigenvalue weighted by Crippen LogP contribution is 2.19. The van der Waals surface area contributed by atoms with Crippen molar-refractivity contribution in [2.45, 2.75) is 6.92 Å². The average molecular weight is 297 g/mol. The van der Waals surface area contributed by atoms with Gasteiger partial charge in [-0.3, -0.25) is 4.79 Å². The molecular weight excluding hydrogens is 287 g/mol. The molecule has 0 aliphatic carbocycles. The highest BCUT2D eigenvalue weighted by Gasteiger charge is 2.10. The van der Waals surface area contributed by atoms with Crippen LogP contribution in [0.5, 0.6) is 0 Å². The van der Waals surface area contributed by atoms with E-state index < -0.39 is 0 Å². The second kappa shape index (κ2) is 4.71. The van der Waals surface area contributed by atoms with Crippen LogP contribution in [0.4, 0.5) is 10.1 Å². The fraction of sp³-hybridized carbons (Fsp3) is 0.0833. The summed E-state index contributed by atoms with van der Waals surface area (Å²) < 4.78 is 14.1. The summed E-state index contributed by atoms with van der Waals surface area (Å²) >= 11 is 3.24. The van der Waals surface area contributed by atoms with Crippen molar-refractivity contribution in [3.63, 3.8) is 0 Å². The second-order valence-corrected chi connectivity index (χ2v) is 4.51. The number of carbonyl (C=O) groups is 1. The zero-order valence-electron chi connectivity index (χ0n) is 9.05. The van der Waals surface area contributed by atoms with Gasteiger partial charge in [0.2, 0.25) is 0 Å². The van der Waals surface area contributed by atoms with Gasteiger partial charge < -0.3 is 10.3 Å². The Kier molecular flexibility index (Phi) is 3.28. The molecule has 0 aliphatic rings. The minimum atomic E-state index is -0.338. The van der Waals surface area contributed by atoms with Gasteiger partial charge in [0, 0.05) is 21.9 Å². The summed E-state index contributed by atoms with van der Waals surface area (Å²) in [7, 11) is 0. The predicted molar refractivity (Wildman–Crippen MR) is 67.6 cm³/mol. The Morgan fingerprint density at radius 1 is 1.47 bits per heavy atom. The van der Waals surface area contributed by atoms with Crippen molar-refractivity contribution < 1.29 is 9.18 Å². The van der Waals surface area contributed by atoms with Crippen LogP contribution in [0.25, 0.3) is 0 Å². The molecule has 0 fully saturated rings. The number of hydrogen-bond acceptors (Lipinski definition) is 1. The van der Waals surface area contributed by atoms with Gasteiger partial charge in [0.15, 0.2) is 0 Å². The van der Waals surface area contributed by atoms with Crippen molar-refractivity contribution in [2.24, 2.45) is 0 Å². The maximum atomic E-state index is 13.3. The molecule has 1 aromatic carbocycles. The summed E-state index contributed by atoms with van der Waals surface area (Å²) in [4.78, 5) is 14.6. The molecule has 5 heteroatoms. The number of benzene rings is 1. The fourth-order valence-corrected chi connectivity index (χ4v) is 1.77. The quantitative estimate of drug-likeness (QED) is 0.876. The van der Waals surface area contributed by atoms with Crippen LogP contribution in [0.3, 0.4) is 0 Å². The van der Waals surface area contributed by atoms with E-state index in [2.05, 4.69) is 26.2 Å². The van der Waals surface area contributed by atoms with Gasteiger partial charge in [0.25, 0.3) is 5.91 Å². The van der Waals surface area contributed by atoms with E-state index in [1.807, 2.05) is 0 Å². The molecule has 0 saturated carbocycles. The minimum Gasteiger partial charge on any atom is -0.356 e. The number of carbonyl (C=O) groups excluding carboxylic acids is 1. The number of H-pyrrole nitrogens is 1. The van der Waals surface area contributed by atoms with Gasteiger partial charge in [-0.05, 0) is 41.1 Å². The third kappa shape index (κ3) is 2.55. The first-order valence-electron chi connectivity index (χ1n) is 4.98. The standard InChI is InChI=1S/C12H10BrFN2O/c1-7-9(14)3-2-4-10(7)16-12(17)11-5-8(13)6-15-11/h2-6,15H,1H3,(H,16,17). The van der Waals surface area contributed by atoms with E-state index in [1.54, 1.807) is 31.3 Å². The maximum absolute atomic E-state index is 13.3. The van der Waals surface area contributed by atoms with Gasteiger partial charge >= 0.3 is 0 Å². The molecule has 0 aliphatic heterocycles. The van der Waals surface area contributed by atoms with Crippen LogP contribution in [-0.2, 0) is 0 Å². The third-order valence-corrected chi connectivity index (χ3v) is 2.87. The Bertz CT molecular complexity index is 565. The Morgan fingerprint density at radius 2 is 2.24 bits per heavy atom. The van der Waals surface area contributed by atoms with Crippen LogP contribution >= 0.6 is 15.9 Å². The lowest BCUT2D eigenvalue weighted by Gasteiger charge is -2.07. The van der Waals surface area contributed by atoms with Crippen molar-refractivity contribution >= 4 is 27.5 Å². The first kappa shape index (κ1) is 11.9. The smallest absolute Gasteiger partial charge is 0.272 e. The molecule has 3 nitrogen and oxygen atoms in total. The number of rotatable bonds is 2. The molecule has 0 radical (unpaired) electrons. The van der Waals surface area contributed by atoms with Crippen LogP contribution < -0.4 is 5.32 Å². The van der Waals surface area contributed by atoms with Gasteiger partial charge in [-0.25, -0.2) is 4.39 Å². The Labute approximate surface area is 106 Å². The van der Waals surface area contributed by atoms with Crippen molar-refractivity contribution in [1.29, 1.82) is 0 Å². The van der Waals surface area contributed by atoms with Crippen molar-refractivity contribution in [1.82, 2.24) is 4.98 Å². The SMILES string of the molecule is Cc1c(F)cccc1NC(=O)c1cc(Br)c[nH]1. The number of aromatic amines is 1. The zero-order chi connectivity index (χ0) is 12.4. The number of amides is 1. The Morgan fingerprint density at radius 3 is 2.88 bits per heavy atom. The van der Waals surface area contributed by atoms with Crippen molar-refractivity contribution in [3.8, 4) is 0 Å². The molecule has 2 N–H and O–H groups in total. The second-order valence-electron chi connectivity index (χ2n) is 3.60. The van der Waals surface area contributed by atoms with Gasteiger partial charge in [0.05, 0.1) is 0 Å². The Balaban J connectivity index is 2.21. The lowest BCUT2D eigenvalue weighted by atomic mass is 10.2. The van der Waals surface area contributed by atoms with E-state index in [0.717, 1.165) is 4.47 Å². The lowest BCUT2D eigenvalue weighted by Crippen LogP contribution is -2.13. The van der Waals surface area contributed by atoms with Gasteiger partial charge in [-0.1, -0.05) is 6.07 Å². The molecule has 1 amide bonds. The molecule has 0 saturated heterocycles. The number of nitrogens with one attached hydrogen (secondary N) is 2. The number of aromatic nitrogens is 1. The highest BCUT2D eigenvalue weighted by atomic mass is 79.9. The van der Waals surface area contributed by atoms with Gasteiger partial charge in [-0.2, -0.15) is 0 Å². The molecule has 1 heterocycles. The summed E-state index contributed by atoms with van der Waals surface area (Å²) in [6, 6.07) is 6.23. The van der Waals surface area contributed by atoms with E-state index in [4.69, 9.17) is 0 Å². The molecule has 0 atom stereocenters. The largest absolute Gasteiger partial charge is 0.356 e. The van der Waals surface area contributed by atoms with E-state index >= 15 is 0 Å². The topological polar surface area (TPSA) is 44.9 Å². The van der Waals surface area contributed by atoms with Crippen LogP contribution in [0.15, 0.2) is 34.9 Å². The monoisotopic (exact) mass is 296 g/mol. The summed E-state index contributed by atoms with van der Waals surface area (Å²) in [5, 5.41) is 2.65. The molecule has 0 spiro atoms. The van der Waals surface area contributed by atoms with Crippen molar-refractivity contribution in [2.75, 3.05) is 5.32 Å². The summed E-state index contributed by atoms with van der Waals surface area (Å²) in [6.07, 6.45) is 1.66. The van der Waals surface area contributed by atoms with E-state index in [-0.39, 0.29) is 11.7 Å². The number of anilines is 1.